The molecule has 2 N–H and O–H groups in total. The summed E-state index contributed by atoms with van der Waals surface area (Å²) in [7, 11) is -1.42. The minimum Gasteiger partial charge on any atom is -0.382 e. The molecule has 0 aliphatic heterocycles. The smallest absolute Gasteiger partial charge is 0.191 e. The normalized spacial score (nSPS) is 15.8. The van der Waals surface area contributed by atoms with Crippen molar-refractivity contribution in [1.29, 1.82) is 0 Å². The van der Waals surface area contributed by atoms with E-state index in [0.29, 0.717) is 16.9 Å². The Balaban J connectivity index is 0.00000364. The Morgan fingerprint density at radius 1 is 1.30 bits per heavy atom. The molecule has 0 amide bonds. The lowest BCUT2D eigenvalue weighted by molar-refractivity contribution is 0.128. The highest BCUT2D eigenvalue weighted by Crippen LogP contribution is 2.48. The number of halogens is 1. The topological polar surface area (TPSA) is 79.8 Å². The van der Waals surface area contributed by atoms with E-state index in [1.54, 1.807) is 13.1 Å². The summed E-state index contributed by atoms with van der Waals surface area (Å²) in [6.45, 7) is 6.92. The number of sulfone groups is 1. The minimum atomic E-state index is -3.18. The van der Waals surface area contributed by atoms with Crippen molar-refractivity contribution in [1.82, 2.24) is 10.6 Å². The molecule has 1 fully saturated rings. The minimum absolute atomic E-state index is 0. The Bertz CT molecular complexity index is 747. The third kappa shape index (κ3) is 7.57. The molecule has 0 saturated heterocycles. The van der Waals surface area contributed by atoms with Crippen LogP contribution in [0.5, 0.6) is 0 Å². The van der Waals surface area contributed by atoms with E-state index in [9.17, 15) is 8.42 Å². The van der Waals surface area contributed by atoms with Gasteiger partial charge in [0.05, 0.1) is 4.90 Å². The number of nitrogens with one attached hydrogen (secondary N) is 2. The fraction of sp³-hybridized carbons (Fsp3) is 0.632. The average Bonchev–Trinajstić information content (AvgIpc) is 3.34. The summed E-state index contributed by atoms with van der Waals surface area (Å²) in [5.74, 6) is 0.762. The molecule has 0 heterocycles. The number of hydrogen-bond donors (Lipinski definition) is 2. The van der Waals surface area contributed by atoms with Crippen LogP contribution in [0.15, 0.2) is 28.1 Å². The summed E-state index contributed by atoms with van der Waals surface area (Å²) in [6, 6.07) is 5.42. The third-order valence-corrected chi connectivity index (χ3v) is 6.15. The first-order valence-corrected chi connectivity index (χ1v) is 11.0. The van der Waals surface area contributed by atoms with E-state index in [1.165, 1.54) is 19.1 Å². The van der Waals surface area contributed by atoms with E-state index in [2.05, 4.69) is 15.6 Å². The van der Waals surface area contributed by atoms with Crippen LogP contribution in [0.3, 0.4) is 0 Å². The molecule has 27 heavy (non-hydrogen) atoms. The van der Waals surface area contributed by atoms with E-state index in [0.717, 1.165) is 43.3 Å². The molecular formula is C19H32IN3O3S. The van der Waals surface area contributed by atoms with Gasteiger partial charge in [-0.1, -0.05) is 12.1 Å². The van der Waals surface area contributed by atoms with E-state index in [1.807, 2.05) is 26.0 Å². The lowest BCUT2D eigenvalue weighted by Gasteiger charge is -2.18. The van der Waals surface area contributed by atoms with Gasteiger partial charge in [-0.25, -0.2) is 8.42 Å². The molecule has 1 aliphatic carbocycles. The van der Waals surface area contributed by atoms with Crippen LogP contribution >= 0.6 is 24.0 Å². The molecule has 8 heteroatoms. The molecule has 1 saturated carbocycles. The van der Waals surface area contributed by atoms with Crippen molar-refractivity contribution >= 4 is 39.8 Å². The first-order valence-electron chi connectivity index (χ1n) is 9.11. The SMILES string of the molecule is CCOCCC1(CNC(=NC)NCc2ccc(S(C)(=O)=O)c(C)c2)CC1.I. The van der Waals surface area contributed by atoms with Crippen molar-refractivity contribution < 1.29 is 13.2 Å². The number of ether oxygens (including phenoxy) is 1. The molecule has 1 aromatic rings. The van der Waals surface area contributed by atoms with Crippen LogP contribution < -0.4 is 10.6 Å². The highest BCUT2D eigenvalue weighted by Gasteiger charge is 2.41. The van der Waals surface area contributed by atoms with Gasteiger partial charge < -0.3 is 15.4 Å². The highest BCUT2D eigenvalue weighted by molar-refractivity contribution is 14.0. The van der Waals surface area contributed by atoms with Crippen molar-refractivity contribution in [2.75, 3.05) is 33.1 Å². The van der Waals surface area contributed by atoms with Crippen molar-refractivity contribution in [2.45, 2.75) is 44.6 Å². The monoisotopic (exact) mass is 509 g/mol. The largest absolute Gasteiger partial charge is 0.382 e. The van der Waals surface area contributed by atoms with Crippen LogP contribution in [0.2, 0.25) is 0 Å². The second kappa shape index (κ2) is 10.6. The zero-order valence-electron chi connectivity index (χ0n) is 16.7. The van der Waals surface area contributed by atoms with E-state index < -0.39 is 9.84 Å². The van der Waals surface area contributed by atoms with Crippen LogP contribution in [-0.2, 0) is 21.1 Å². The fourth-order valence-corrected chi connectivity index (χ4v) is 4.00. The number of aliphatic imine (C=N–C) groups is 1. The van der Waals surface area contributed by atoms with Gasteiger partial charge in [0, 0.05) is 39.6 Å². The van der Waals surface area contributed by atoms with Crippen molar-refractivity contribution in [3.8, 4) is 0 Å². The molecule has 154 valence electrons. The molecule has 0 spiro atoms. The van der Waals surface area contributed by atoms with Crippen LogP contribution in [0.1, 0.15) is 37.3 Å². The Kier molecular flexibility index (Phi) is 9.50. The maximum Gasteiger partial charge on any atom is 0.191 e. The average molecular weight is 509 g/mol. The Morgan fingerprint density at radius 3 is 2.52 bits per heavy atom. The fourth-order valence-electron chi connectivity index (χ4n) is 3.04. The quantitative estimate of drug-likeness (QED) is 0.232. The number of hydrogen-bond acceptors (Lipinski definition) is 4. The number of guanidine groups is 1. The molecule has 6 nitrogen and oxygen atoms in total. The zero-order valence-corrected chi connectivity index (χ0v) is 19.8. The lowest BCUT2D eigenvalue weighted by atomic mass is 10.0. The summed E-state index contributed by atoms with van der Waals surface area (Å²) in [6.07, 6.45) is 4.78. The van der Waals surface area contributed by atoms with Crippen LogP contribution in [0.25, 0.3) is 0 Å². The predicted molar refractivity (Wildman–Crippen MR) is 121 cm³/mol. The number of aryl methyl sites for hydroxylation is 1. The van der Waals surface area contributed by atoms with Gasteiger partial charge in [0.25, 0.3) is 0 Å². The van der Waals surface area contributed by atoms with Crippen molar-refractivity contribution in [3.63, 3.8) is 0 Å². The van der Waals surface area contributed by atoms with Crippen LogP contribution in [-0.4, -0.2) is 47.4 Å². The second-order valence-electron chi connectivity index (χ2n) is 7.10. The molecule has 0 radical (unpaired) electrons. The highest BCUT2D eigenvalue weighted by atomic mass is 127. The Labute approximate surface area is 180 Å². The molecule has 1 aliphatic rings. The Hall–Kier alpha value is -0.870. The summed E-state index contributed by atoms with van der Waals surface area (Å²) in [5.41, 5.74) is 2.14. The van der Waals surface area contributed by atoms with Gasteiger partial charge in [-0.2, -0.15) is 0 Å². The molecule has 0 unspecified atom stereocenters. The van der Waals surface area contributed by atoms with Gasteiger partial charge in [-0.05, 0) is 55.7 Å². The van der Waals surface area contributed by atoms with Gasteiger partial charge >= 0.3 is 0 Å². The van der Waals surface area contributed by atoms with Gasteiger partial charge in [0.2, 0.25) is 0 Å². The van der Waals surface area contributed by atoms with Crippen LogP contribution in [0.4, 0.5) is 0 Å². The summed E-state index contributed by atoms with van der Waals surface area (Å²) < 4.78 is 28.9. The standard InChI is InChI=1S/C19H31N3O3S.HI/c1-5-25-11-10-19(8-9-19)14-22-18(20-3)21-13-16-6-7-17(15(2)12-16)26(4,23)24;/h6-7,12H,5,8-11,13-14H2,1-4H3,(H2,20,21,22);1H. The summed E-state index contributed by atoms with van der Waals surface area (Å²) >= 11 is 0. The first kappa shape index (κ1) is 24.2. The molecule has 0 bridgehead atoms. The van der Waals surface area contributed by atoms with Crippen LogP contribution in [0, 0.1) is 12.3 Å². The van der Waals surface area contributed by atoms with E-state index in [4.69, 9.17) is 4.74 Å². The lowest BCUT2D eigenvalue weighted by Crippen LogP contribution is -2.40. The molecular weight excluding hydrogens is 477 g/mol. The van der Waals surface area contributed by atoms with Gasteiger partial charge in [-0.15, -0.1) is 24.0 Å². The molecule has 0 aromatic heterocycles. The van der Waals surface area contributed by atoms with E-state index in [-0.39, 0.29) is 24.0 Å². The maximum absolute atomic E-state index is 11.7. The zero-order chi connectivity index (χ0) is 19.2. The third-order valence-electron chi connectivity index (χ3n) is 4.89. The number of rotatable bonds is 9. The first-order chi connectivity index (χ1) is 12.3. The van der Waals surface area contributed by atoms with Crippen molar-refractivity contribution in [2.24, 2.45) is 10.4 Å². The Morgan fingerprint density at radius 2 is 2.00 bits per heavy atom. The molecule has 1 aromatic carbocycles. The van der Waals surface area contributed by atoms with Crippen molar-refractivity contribution in [3.05, 3.63) is 29.3 Å². The second-order valence-corrected chi connectivity index (χ2v) is 9.08. The molecule has 2 rings (SSSR count). The number of benzene rings is 1. The van der Waals surface area contributed by atoms with Gasteiger partial charge in [0.15, 0.2) is 15.8 Å². The maximum atomic E-state index is 11.7. The van der Waals surface area contributed by atoms with E-state index >= 15 is 0 Å². The number of nitrogens with zero attached hydrogens (tertiary/aromatic N) is 1. The summed E-state index contributed by atoms with van der Waals surface area (Å²) in [5, 5.41) is 6.70. The van der Waals surface area contributed by atoms with Gasteiger partial charge in [-0.3, -0.25) is 4.99 Å². The van der Waals surface area contributed by atoms with Gasteiger partial charge in [0.1, 0.15) is 0 Å². The molecule has 0 atom stereocenters. The predicted octanol–water partition coefficient (Wildman–Crippen LogP) is 2.89. The summed E-state index contributed by atoms with van der Waals surface area (Å²) in [4.78, 5) is 4.66.